The molecule has 0 bridgehead atoms. The number of hydrogen-bond acceptors (Lipinski definition) is 3. The standard InChI is InChI=1S/C20H27ClN2S/c1-3-23(4-2)12-13-24-20-16-8-6-5-7-9-18(16)22-19-14-15(21)10-11-17(19)20/h10-11,14H,3-9,12-13H2,1-2H3. The lowest BCUT2D eigenvalue weighted by molar-refractivity contribution is 0.324. The first-order valence-electron chi connectivity index (χ1n) is 9.19. The van der Waals surface area contributed by atoms with Crippen molar-refractivity contribution in [3.05, 3.63) is 34.5 Å². The SMILES string of the molecule is CCN(CC)CCSc1c2c(nc3cc(Cl)ccc13)CCCCC2. The monoisotopic (exact) mass is 362 g/mol. The number of pyridine rings is 1. The molecule has 2 nitrogen and oxygen atoms in total. The second kappa shape index (κ2) is 8.55. The van der Waals surface area contributed by atoms with Gasteiger partial charge in [-0.15, -0.1) is 11.8 Å². The number of rotatable bonds is 6. The maximum Gasteiger partial charge on any atom is 0.0731 e. The van der Waals surface area contributed by atoms with Gasteiger partial charge in [-0.1, -0.05) is 37.9 Å². The van der Waals surface area contributed by atoms with Gasteiger partial charge < -0.3 is 4.90 Å². The zero-order valence-electron chi connectivity index (χ0n) is 14.8. The number of hydrogen-bond donors (Lipinski definition) is 0. The molecule has 0 atom stereocenters. The molecule has 0 saturated heterocycles. The molecule has 1 aliphatic rings. The van der Waals surface area contributed by atoms with Crippen molar-refractivity contribution in [2.24, 2.45) is 0 Å². The van der Waals surface area contributed by atoms with E-state index in [9.17, 15) is 0 Å². The van der Waals surface area contributed by atoms with Crippen molar-refractivity contribution in [2.75, 3.05) is 25.4 Å². The summed E-state index contributed by atoms with van der Waals surface area (Å²) >= 11 is 8.23. The molecular formula is C20H27ClN2S. The van der Waals surface area contributed by atoms with E-state index in [1.54, 1.807) is 0 Å². The molecule has 0 N–H and O–H groups in total. The third kappa shape index (κ3) is 4.07. The fourth-order valence-corrected chi connectivity index (χ4v) is 4.96. The lowest BCUT2D eigenvalue weighted by Crippen LogP contribution is -2.25. The molecule has 1 aliphatic carbocycles. The van der Waals surface area contributed by atoms with Gasteiger partial charge in [-0.2, -0.15) is 0 Å². The van der Waals surface area contributed by atoms with E-state index in [0.717, 1.165) is 42.3 Å². The highest BCUT2D eigenvalue weighted by Gasteiger charge is 2.18. The summed E-state index contributed by atoms with van der Waals surface area (Å²) in [4.78, 5) is 8.92. The van der Waals surface area contributed by atoms with Crippen LogP contribution >= 0.6 is 23.4 Å². The van der Waals surface area contributed by atoms with Crippen molar-refractivity contribution >= 4 is 34.3 Å². The van der Waals surface area contributed by atoms with Gasteiger partial charge in [0, 0.05) is 33.3 Å². The minimum Gasteiger partial charge on any atom is -0.303 e. The third-order valence-electron chi connectivity index (χ3n) is 4.97. The van der Waals surface area contributed by atoms with Crippen LogP contribution in [0.15, 0.2) is 23.1 Å². The van der Waals surface area contributed by atoms with Crippen LogP contribution in [0.2, 0.25) is 5.02 Å². The summed E-state index contributed by atoms with van der Waals surface area (Å²) in [7, 11) is 0. The maximum absolute atomic E-state index is 6.22. The average Bonchev–Trinajstić information content (AvgIpc) is 2.83. The summed E-state index contributed by atoms with van der Waals surface area (Å²) in [6.07, 6.45) is 6.15. The molecule has 1 aromatic carbocycles. The van der Waals surface area contributed by atoms with Crippen LogP contribution in [-0.4, -0.2) is 35.3 Å². The van der Waals surface area contributed by atoms with Crippen molar-refractivity contribution in [2.45, 2.75) is 50.8 Å². The first-order chi connectivity index (χ1) is 11.7. The molecule has 130 valence electrons. The van der Waals surface area contributed by atoms with Crippen molar-refractivity contribution < 1.29 is 0 Å². The Morgan fingerprint density at radius 1 is 1.12 bits per heavy atom. The van der Waals surface area contributed by atoms with Gasteiger partial charge in [0.2, 0.25) is 0 Å². The van der Waals surface area contributed by atoms with E-state index in [1.165, 1.54) is 47.2 Å². The van der Waals surface area contributed by atoms with Gasteiger partial charge >= 0.3 is 0 Å². The number of aryl methyl sites for hydroxylation is 1. The number of halogens is 1. The van der Waals surface area contributed by atoms with E-state index in [0.29, 0.717) is 0 Å². The molecule has 0 aliphatic heterocycles. The minimum atomic E-state index is 0.780. The van der Waals surface area contributed by atoms with Crippen LogP contribution in [0.1, 0.15) is 44.4 Å². The Hall–Kier alpha value is -0.770. The molecule has 4 heteroatoms. The summed E-state index contributed by atoms with van der Waals surface area (Å²) in [6.45, 7) is 7.88. The average molecular weight is 363 g/mol. The summed E-state index contributed by atoms with van der Waals surface area (Å²) in [6, 6.07) is 6.19. The fraction of sp³-hybridized carbons (Fsp3) is 0.550. The number of thioether (sulfide) groups is 1. The molecule has 0 radical (unpaired) electrons. The Labute approximate surface area is 155 Å². The smallest absolute Gasteiger partial charge is 0.0731 e. The molecule has 0 fully saturated rings. The number of benzene rings is 1. The normalized spacial score (nSPS) is 14.8. The van der Waals surface area contributed by atoms with Crippen LogP contribution in [-0.2, 0) is 12.8 Å². The van der Waals surface area contributed by atoms with Gasteiger partial charge in [-0.05, 0) is 56.5 Å². The van der Waals surface area contributed by atoms with Gasteiger partial charge in [0.25, 0.3) is 0 Å². The molecule has 0 saturated carbocycles. The van der Waals surface area contributed by atoms with Crippen molar-refractivity contribution in [3.63, 3.8) is 0 Å². The zero-order chi connectivity index (χ0) is 16.9. The first-order valence-corrected chi connectivity index (χ1v) is 10.6. The molecule has 1 heterocycles. The van der Waals surface area contributed by atoms with Gasteiger partial charge in [0.1, 0.15) is 0 Å². The summed E-state index contributed by atoms with van der Waals surface area (Å²) in [5, 5.41) is 2.06. The highest BCUT2D eigenvalue weighted by molar-refractivity contribution is 7.99. The molecule has 24 heavy (non-hydrogen) atoms. The van der Waals surface area contributed by atoms with Crippen LogP contribution < -0.4 is 0 Å². The Balaban J connectivity index is 1.95. The number of fused-ring (bicyclic) bond motifs is 2. The van der Waals surface area contributed by atoms with Crippen LogP contribution in [0.4, 0.5) is 0 Å². The van der Waals surface area contributed by atoms with E-state index in [-0.39, 0.29) is 0 Å². The molecule has 3 rings (SSSR count). The Morgan fingerprint density at radius 3 is 2.71 bits per heavy atom. The van der Waals surface area contributed by atoms with Crippen molar-refractivity contribution in [1.29, 1.82) is 0 Å². The molecule has 0 amide bonds. The van der Waals surface area contributed by atoms with Crippen molar-refractivity contribution in [1.82, 2.24) is 9.88 Å². The van der Waals surface area contributed by atoms with Crippen LogP contribution in [0.25, 0.3) is 10.9 Å². The van der Waals surface area contributed by atoms with Crippen LogP contribution in [0, 0.1) is 0 Å². The second-order valence-corrected chi connectivity index (χ2v) is 8.01. The van der Waals surface area contributed by atoms with E-state index >= 15 is 0 Å². The molecular weight excluding hydrogens is 336 g/mol. The maximum atomic E-state index is 6.22. The fourth-order valence-electron chi connectivity index (χ4n) is 3.51. The quantitative estimate of drug-likeness (QED) is 0.492. The summed E-state index contributed by atoms with van der Waals surface area (Å²) < 4.78 is 0. The highest BCUT2D eigenvalue weighted by atomic mass is 35.5. The Bertz CT molecular complexity index is 698. The van der Waals surface area contributed by atoms with E-state index < -0.39 is 0 Å². The van der Waals surface area contributed by atoms with Crippen LogP contribution in [0.5, 0.6) is 0 Å². The molecule has 0 spiro atoms. The predicted octanol–water partition coefficient (Wildman–Crippen LogP) is 5.59. The third-order valence-corrected chi connectivity index (χ3v) is 6.35. The largest absolute Gasteiger partial charge is 0.303 e. The molecule has 1 aromatic heterocycles. The summed E-state index contributed by atoms with van der Waals surface area (Å²) in [5.41, 5.74) is 3.88. The Kier molecular flexibility index (Phi) is 6.43. The summed E-state index contributed by atoms with van der Waals surface area (Å²) in [5.74, 6) is 1.13. The topological polar surface area (TPSA) is 16.1 Å². The number of aromatic nitrogens is 1. The second-order valence-electron chi connectivity index (χ2n) is 6.46. The lowest BCUT2D eigenvalue weighted by atomic mass is 10.1. The first kappa shape index (κ1) is 18.0. The minimum absolute atomic E-state index is 0.780. The van der Waals surface area contributed by atoms with Gasteiger partial charge in [-0.3, -0.25) is 4.98 Å². The van der Waals surface area contributed by atoms with E-state index in [4.69, 9.17) is 16.6 Å². The van der Waals surface area contributed by atoms with Gasteiger partial charge in [-0.25, -0.2) is 0 Å². The van der Waals surface area contributed by atoms with Gasteiger partial charge in [0.15, 0.2) is 0 Å². The predicted molar refractivity (Wildman–Crippen MR) is 107 cm³/mol. The lowest BCUT2D eigenvalue weighted by Gasteiger charge is -2.19. The van der Waals surface area contributed by atoms with Crippen LogP contribution in [0.3, 0.4) is 0 Å². The zero-order valence-corrected chi connectivity index (χ0v) is 16.3. The van der Waals surface area contributed by atoms with E-state index in [1.807, 2.05) is 23.9 Å². The number of nitrogens with zero attached hydrogens (tertiary/aromatic N) is 2. The van der Waals surface area contributed by atoms with E-state index in [2.05, 4.69) is 24.8 Å². The van der Waals surface area contributed by atoms with Gasteiger partial charge in [0.05, 0.1) is 5.52 Å². The Morgan fingerprint density at radius 2 is 1.92 bits per heavy atom. The molecule has 0 unspecified atom stereocenters. The highest BCUT2D eigenvalue weighted by Crippen LogP contribution is 2.36. The molecule has 2 aromatic rings. The van der Waals surface area contributed by atoms with Crippen molar-refractivity contribution in [3.8, 4) is 0 Å².